The van der Waals surface area contributed by atoms with E-state index in [0.717, 1.165) is 18.8 Å². The van der Waals surface area contributed by atoms with Gasteiger partial charge in [0.25, 0.3) is 5.91 Å². The van der Waals surface area contributed by atoms with Gasteiger partial charge in [0.15, 0.2) is 0 Å². The molecule has 1 N–H and O–H groups in total. The fourth-order valence-electron chi connectivity index (χ4n) is 3.27. The number of benzene rings is 2. The van der Waals surface area contributed by atoms with Crippen molar-refractivity contribution in [2.24, 2.45) is 0 Å². The predicted molar refractivity (Wildman–Crippen MR) is 113 cm³/mol. The van der Waals surface area contributed by atoms with Crippen molar-refractivity contribution in [2.45, 2.75) is 13.8 Å². The SMILES string of the molecule is CCOc1cc(N2CCOCC2)c(OCC)cc1NC(=O)c1ccccc1OC. The maximum atomic E-state index is 12.9. The molecular weight excluding hydrogens is 372 g/mol. The first-order chi connectivity index (χ1) is 14.2. The van der Waals surface area contributed by atoms with Crippen molar-refractivity contribution in [3.8, 4) is 17.2 Å². The van der Waals surface area contributed by atoms with E-state index in [-0.39, 0.29) is 5.91 Å². The van der Waals surface area contributed by atoms with Gasteiger partial charge in [0.1, 0.15) is 17.2 Å². The Bertz CT molecular complexity index is 834. The first-order valence-corrected chi connectivity index (χ1v) is 9.88. The molecule has 156 valence electrons. The van der Waals surface area contributed by atoms with E-state index in [1.54, 1.807) is 25.3 Å². The monoisotopic (exact) mass is 400 g/mol. The standard InChI is InChI=1S/C22H28N2O5/c1-4-28-20-15-18(24-10-12-27-13-11-24)21(29-5-2)14-17(20)23-22(25)16-8-6-7-9-19(16)26-3/h6-9,14-15H,4-5,10-13H2,1-3H3,(H,23,25). The van der Waals surface area contributed by atoms with Crippen LogP contribution in [0.3, 0.4) is 0 Å². The van der Waals surface area contributed by atoms with Crippen LogP contribution in [0, 0.1) is 0 Å². The molecule has 0 saturated carbocycles. The molecule has 2 aromatic carbocycles. The predicted octanol–water partition coefficient (Wildman–Crippen LogP) is 3.58. The largest absolute Gasteiger partial charge is 0.496 e. The number of rotatable bonds is 8. The molecule has 1 aliphatic heterocycles. The van der Waals surface area contributed by atoms with E-state index in [0.29, 0.717) is 54.9 Å². The highest BCUT2D eigenvalue weighted by Gasteiger charge is 2.21. The molecule has 1 saturated heterocycles. The highest BCUT2D eigenvalue weighted by molar-refractivity contribution is 6.07. The normalized spacial score (nSPS) is 13.7. The Balaban J connectivity index is 1.96. The molecule has 0 spiro atoms. The van der Waals surface area contributed by atoms with Gasteiger partial charge in [-0.15, -0.1) is 0 Å². The average molecular weight is 400 g/mol. The van der Waals surface area contributed by atoms with Crippen molar-refractivity contribution in [3.63, 3.8) is 0 Å². The number of amides is 1. The zero-order valence-corrected chi connectivity index (χ0v) is 17.2. The van der Waals surface area contributed by atoms with Crippen LogP contribution in [0.2, 0.25) is 0 Å². The lowest BCUT2D eigenvalue weighted by Gasteiger charge is -2.31. The number of methoxy groups -OCH3 is 1. The van der Waals surface area contributed by atoms with Crippen molar-refractivity contribution in [1.82, 2.24) is 0 Å². The van der Waals surface area contributed by atoms with Crippen LogP contribution in [0.15, 0.2) is 36.4 Å². The first-order valence-electron chi connectivity index (χ1n) is 9.88. The summed E-state index contributed by atoms with van der Waals surface area (Å²) < 4.78 is 22.5. The number of ether oxygens (including phenoxy) is 4. The zero-order valence-electron chi connectivity index (χ0n) is 17.2. The second kappa shape index (κ2) is 10.0. The number of carbonyl (C=O) groups excluding carboxylic acids is 1. The number of para-hydroxylation sites is 1. The second-order valence-corrected chi connectivity index (χ2v) is 6.44. The van der Waals surface area contributed by atoms with Crippen LogP contribution in [-0.4, -0.2) is 52.5 Å². The molecule has 29 heavy (non-hydrogen) atoms. The molecule has 0 radical (unpaired) electrons. The first kappa shape index (κ1) is 20.8. The summed E-state index contributed by atoms with van der Waals surface area (Å²) in [7, 11) is 1.54. The number of nitrogens with zero attached hydrogens (tertiary/aromatic N) is 1. The summed E-state index contributed by atoms with van der Waals surface area (Å²) in [6.45, 7) is 7.74. The van der Waals surface area contributed by atoms with E-state index in [9.17, 15) is 4.79 Å². The number of hydrogen-bond donors (Lipinski definition) is 1. The summed E-state index contributed by atoms with van der Waals surface area (Å²) >= 11 is 0. The van der Waals surface area contributed by atoms with Crippen LogP contribution in [0.1, 0.15) is 24.2 Å². The van der Waals surface area contributed by atoms with Gasteiger partial charge in [0, 0.05) is 25.2 Å². The Morgan fingerprint density at radius 1 is 1.03 bits per heavy atom. The van der Waals surface area contributed by atoms with Crippen LogP contribution in [0.25, 0.3) is 0 Å². The maximum absolute atomic E-state index is 12.9. The van der Waals surface area contributed by atoms with Gasteiger partial charge >= 0.3 is 0 Å². The van der Waals surface area contributed by atoms with Gasteiger partial charge in [-0.3, -0.25) is 4.79 Å². The summed E-state index contributed by atoms with van der Waals surface area (Å²) in [6, 6.07) is 10.9. The molecule has 3 rings (SSSR count). The van der Waals surface area contributed by atoms with Crippen molar-refractivity contribution in [2.75, 3.05) is 56.8 Å². The van der Waals surface area contributed by atoms with Gasteiger partial charge in [-0.2, -0.15) is 0 Å². The Kier molecular flexibility index (Phi) is 7.19. The summed E-state index contributed by atoms with van der Waals surface area (Å²) in [5.41, 5.74) is 1.95. The third-order valence-electron chi connectivity index (χ3n) is 4.61. The summed E-state index contributed by atoms with van der Waals surface area (Å²) in [4.78, 5) is 15.1. The highest BCUT2D eigenvalue weighted by atomic mass is 16.5. The quantitative estimate of drug-likeness (QED) is 0.730. The van der Waals surface area contributed by atoms with E-state index in [1.807, 2.05) is 32.0 Å². The van der Waals surface area contributed by atoms with Gasteiger partial charge in [-0.25, -0.2) is 0 Å². The van der Waals surface area contributed by atoms with Crippen molar-refractivity contribution in [1.29, 1.82) is 0 Å². The van der Waals surface area contributed by atoms with Gasteiger partial charge in [0.2, 0.25) is 0 Å². The van der Waals surface area contributed by atoms with E-state index in [1.165, 1.54) is 0 Å². The van der Waals surface area contributed by atoms with Crippen molar-refractivity contribution in [3.05, 3.63) is 42.0 Å². The number of hydrogen-bond acceptors (Lipinski definition) is 6. The molecule has 7 heteroatoms. The Morgan fingerprint density at radius 2 is 1.72 bits per heavy atom. The lowest BCUT2D eigenvalue weighted by molar-refractivity contribution is 0.102. The molecule has 1 amide bonds. The van der Waals surface area contributed by atoms with E-state index >= 15 is 0 Å². The minimum absolute atomic E-state index is 0.273. The minimum atomic E-state index is -0.273. The van der Waals surface area contributed by atoms with Crippen molar-refractivity contribution < 1.29 is 23.7 Å². The van der Waals surface area contributed by atoms with Crippen LogP contribution < -0.4 is 24.4 Å². The lowest BCUT2D eigenvalue weighted by atomic mass is 10.1. The molecule has 0 bridgehead atoms. The minimum Gasteiger partial charge on any atom is -0.496 e. The Labute approximate surface area is 171 Å². The summed E-state index contributed by atoms with van der Waals surface area (Å²) in [6.07, 6.45) is 0. The van der Waals surface area contributed by atoms with Crippen LogP contribution >= 0.6 is 0 Å². The number of nitrogens with one attached hydrogen (secondary N) is 1. The molecule has 0 unspecified atom stereocenters. The third-order valence-corrected chi connectivity index (χ3v) is 4.61. The van der Waals surface area contributed by atoms with Gasteiger partial charge in [-0.1, -0.05) is 12.1 Å². The van der Waals surface area contributed by atoms with Crippen LogP contribution in [0.4, 0.5) is 11.4 Å². The van der Waals surface area contributed by atoms with E-state index in [2.05, 4.69) is 10.2 Å². The molecule has 7 nitrogen and oxygen atoms in total. The highest BCUT2D eigenvalue weighted by Crippen LogP contribution is 2.39. The van der Waals surface area contributed by atoms with Crippen molar-refractivity contribution >= 4 is 17.3 Å². The smallest absolute Gasteiger partial charge is 0.259 e. The third kappa shape index (κ3) is 4.92. The molecule has 0 atom stereocenters. The number of morpholine rings is 1. The molecule has 1 aliphatic rings. The fraction of sp³-hybridized carbons (Fsp3) is 0.409. The van der Waals surface area contributed by atoms with Crippen LogP contribution in [0.5, 0.6) is 17.2 Å². The molecular formula is C22H28N2O5. The molecule has 0 aliphatic carbocycles. The Morgan fingerprint density at radius 3 is 2.41 bits per heavy atom. The lowest BCUT2D eigenvalue weighted by Crippen LogP contribution is -2.36. The van der Waals surface area contributed by atoms with Crippen LogP contribution in [-0.2, 0) is 4.74 Å². The van der Waals surface area contributed by atoms with Gasteiger partial charge in [0.05, 0.1) is 50.5 Å². The maximum Gasteiger partial charge on any atom is 0.259 e. The number of carbonyl (C=O) groups is 1. The fourth-order valence-corrected chi connectivity index (χ4v) is 3.27. The average Bonchev–Trinajstić information content (AvgIpc) is 2.76. The van der Waals surface area contributed by atoms with Gasteiger partial charge in [-0.05, 0) is 26.0 Å². The zero-order chi connectivity index (χ0) is 20.6. The molecule has 0 aromatic heterocycles. The molecule has 1 fully saturated rings. The summed E-state index contributed by atoms with van der Waals surface area (Å²) in [5, 5.41) is 2.95. The van der Waals surface area contributed by atoms with E-state index in [4.69, 9.17) is 18.9 Å². The topological polar surface area (TPSA) is 69.3 Å². The number of anilines is 2. The molecule has 1 heterocycles. The van der Waals surface area contributed by atoms with E-state index < -0.39 is 0 Å². The second-order valence-electron chi connectivity index (χ2n) is 6.44. The summed E-state index contributed by atoms with van der Waals surface area (Å²) in [5.74, 6) is 1.54. The Hall–Kier alpha value is -2.93. The molecule has 2 aromatic rings. The van der Waals surface area contributed by atoms with Gasteiger partial charge < -0.3 is 29.2 Å².